The Bertz CT molecular complexity index is 2630. The molecule has 2 amide bonds. The summed E-state index contributed by atoms with van der Waals surface area (Å²) in [5.41, 5.74) is 10.5. The van der Waals surface area contributed by atoms with Gasteiger partial charge in [-0.2, -0.15) is 0 Å². The number of pyridine rings is 1. The Labute approximate surface area is 460 Å². The summed E-state index contributed by atoms with van der Waals surface area (Å²) in [6, 6.07) is 8.22. The molecule has 0 spiro atoms. The molecule has 6 fully saturated rings. The fourth-order valence-corrected chi connectivity index (χ4v) is 13.1. The maximum absolute atomic E-state index is 14.8. The second kappa shape index (κ2) is 25.4. The van der Waals surface area contributed by atoms with Crippen LogP contribution in [0, 0.1) is 11.3 Å². The molecular weight excluding hydrogens is 997 g/mol. The first-order valence-corrected chi connectivity index (χ1v) is 29.5. The van der Waals surface area contributed by atoms with E-state index < -0.39 is 29.2 Å². The van der Waals surface area contributed by atoms with Gasteiger partial charge in [0, 0.05) is 111 Å². The summed E-state index contributed by atoms with van der Waals surface area (Å²) < 4.78 is 38.1. The van der Waals surface area contributed by atoms with Crippen LogP contribution in [-0.4, -0.2) is 164 Å². The lowest BCUT2D eigenvalue weighted by Crippen LogP contribution is -2.68. The van der Waals surface area contributed by atoms with Gasteiger partial charge in [0.1, 0.15) is 17.2 Å². The quantitative estimate of drug-likeness (QED) is 0.0721. The maximum atomic E-state index is 14.8. The van der Waals surface area contributed by atoms with Crippen molar-refractivity contribution in [3.8, 4) is 22.5 Å². The van der Waals surface area contributed by atoms with Crippen molar-refractivity contribution in [1.29, 1.82) is 0 Å². The molecule has 18 heteroatoms. The van der Waals surface area contributed by atoms with E-state index >= 15 is 0 Å². The molecule has 1 aromatic carbocycles. The number of hydrogen-bond donors (Lipinski definition) is 2. The number of ether oxygens (including phenoxy) is 6. The highest BCUT2D eigenvalue weighted by molar-refractivity contribution is 7.10. The topological polar surface area (TPSA) is 171 Å². The van der Waals surface area contributed by atoms with Crippen LogP contribution in [0.25, 0.3) is 33.4 Å². The van der Waals surface area contributed by atoms with E-state index in [9.17, 15) is 14.4 Å². The van der Waals surface area contributed by atoms with E-state index in [1.54, 1.807) is 19.2 Å². The summed E-state index contributed by atoms with van der Waals surface area (Å²) in [6.45, 7) is 22.7. The number of methoxy groups -OCH3 is 2. The number of nitrogens with zero attached hydrogens (tertiary/aromatic N) is 6. The minimum atomic E-state index is -0.941. The van der Waals surface area contributed by atoms with Gasteiger partial charge in [-0.25, -0.2) is 10.4 Å². The number of fused-ring (bicyclic) bond motifs is 1. The second-order valence-electron chi connectivity index (χ2n) is 23.2. The number of carbonyl (C=O) groups excluding carboxylic acids is 3. The molecule has 1 aliphatic carbocycles. The molecule has 3 aromatic heterocycles. The number of thiazole rings is 1. The molecule has 77 heavy (non-hydrogen) atoms. The van der Waals surface area contributed by atoms with Crippen molar-refractivity contribution in [1.82, 2.24) is 40.1 Å². The average Bonchev–Trinajstić information content (AvgIpc) is 4.14. The van der Waals surface area contributed by atoms with Crippen molar-refractivity contribution in [3.63, 3.8) is 0 Å². The Morgan fingerprint density at radius 1 is 1.04 bits per heavy atom. The Morgan fingerprint density at radius 3 is 2.45 bits per heavy atom. The number of nitrogens with one attached hydrogen (secondary N) is 2. The third kappa shape index (κ3) is 13.0. The highest BCUT2D eigenvalue weighted by Crippen LogP contribution is 2.45. The van der Waals surface area contributed by atoms with E-state index in [1.807, 2.05) is 20.8 Å². The highest BCUT2D eigenvalue weighted by Gasteiger charge is 2.50. The minimum Gasteiger partial charge on any atom is -0.467 e. The minimum absolute atomic E-state index is 0.0440. The van der Waals surface area contributed by atoms with E-state index in [-0.39, 0.29) is 36.5 Å². The van der Waals surface area contributed by atoms with Gasteiger partial charge in [-0.3, -0.25) is 29.3 Å². The first-order valence-electron chi connectivity index (χ1n) is 28.7. The van der Waals surface area contributed by atoms with Gasteiger partial charge >= 0.3 is 0 Å². The third-order valence-electron chi connectivity index (χ3n) is 16.8. The number of carbonyl (C=O) groups is 3. The van der Waals surface area contributed by atoms with Crippen LogP contribution in [0.1, 0.15) is 140 Å². The summed E-state index contributed by atoms with van der Waals surface area (Å²) in [6.07, 6.45) is 10.3. The molecule has 8 heterocycles. The Kier molecular flexibility index (Phi) is 18.9. The van der Waals surface area contributed by atoms with Crippen molar-refractivity contribution < 1.29 is 42.8 Å². The third-order valence-corrected chi connectivity index (χ3v) is 17.7. The van der Waals surface area contributed by atoms with Crippen LogP contribution in [0.4, 0.5) is 0 Å². The smallest absolute Gasteiger partial charge is 0.293 e. The van der Waals surface area contributed by atoms with Crippen LogP contribution in [0.5, 0.6) is 0 Å². The normalized spacial score (nSPS) is 22.8. The van der Waals surface area contributed by atoms with Gasteiger partial charge in [-0.15, -0.1) is 11.3 Å². The zero-order chi connectivity index (χ0) is 54.4. The summed E-state index contributed by atoms with van der Waals surface area (Å²) in [4.78, 5) is 56.1. The van der Waals surface area contributed by atoms with Crippen molar-refractivity contribution in [3.05, 3.63) is 57.7 Å². The van der Waals surface area contributed by atoms with Crippen molar-refractivity contribution in [2.24, 2.45) is 11.3 Å². The Balaban J connectivity index is 0.00000357. The molecular formula is C59H86N8O9S. The van der Waals surface area contributed by atoms with E-state index in [4.69, 9.17) is 38.4 Å². The molecule has 2 N–H and O–H groups in total. The number of hydrazine groups is 1. The second-order valence-corrected chi connectivity index (χ2v) is 24.0. The molecule has 5 aliphatic heterocycles. The zero-order valence-electron chi connectivity index (χ0n) is 47.3. The molecule has 1 saturated carbocycles. The van der Waals surface area contributed by atoms with Crippen LogP contribution < -0.4 is 10.7 Å². The predicted molar refractivity (Wildman–Crippen MR) is 298 cm³/mol. The lowest BCUT2D eigenvalue weighted by atomic mass is 9.83. The number of piperidine rings is 1. The van der Waals surface area contributed by atoms with E-state index in [2.05, 4.69) is 88.6 Å². The molecule has 17 nitrogen and oxygen atoms in total. The van der Waals surface area contributed by atoms with Crippen molar-refractivity contribution in [2.75, 3.05) is 86.5 Å². The molecule has 5 unspecified atom stereocenters. The molecule has 422 valence electrons. The number of amides is 2. The molecule has 10 rings (SSSR count). The number of hydrogen-bond acceptors (Lipinski definition) is 15. The van der Waals surface area contributed by atoms with Crippen LogP contribution in [0.15, 0.2) is 35.8 Å². The Morgan fingerprint density at radius 2 is 1.81 bits per heavy atom. The van der Waals surface area contributed by atoms with Gasteiger partial charge in [-0.1, -0.05) is 40.7 Å². The molecule has 0 radical (unpaired) electrons. The first-order chi connectivity index (χ1) is 37.3. The lowest BCUT2D eigenvalue weighted by Gasteiger charge is -2.51. The number of benzene rings is 1. The summed E-state index contributed by atoms with van der Waals surface area (Å²) in [7, 11) is 3.46. The molecule has 0 bridgehead atoms. The van der Waals surface area contributed by atoms with Crippen LogP contribution >= 0.6 is 11.3 Å². The summed E-state index contributed by atoms with van der Waals surface area (Å²) in [5.74, 6) is -0.0600. The number of aromatic nitrogens is 3. The van der Waals surface area contributed by atoms with Gasteiger partial charge in [-0.05, 0) is 120 Å². The van der Waals surface area contributed by atoms with Crippen molar-refractivity contribution >= 4 is 40.5 Å². The van der Waals surface area contributed by atoms with Gasteiger partial charge in [0.25, 0.3) is 12.4 Å². The number of rotatable bonds is 22. The summed E-state index contributed by atoms with van der Waals surface area (Å²) >= 11 is 1.50. The summed E-state index contributed by atoms with van der Waals surface area (Å²) in [5, 5.41) is 8.71. The van der Waals surface area contributed by atoms with Crippen LogP contribution in [-0.2, 0) is 55.8 Å². The lowest BCUT2D eigenvalue weighted by molar-refractivity contribution is -0.165. The SMILES string of the molecule is CC.COC(C)c1ncc(C2CCN(C3CC3)CC2)cc1-c1c(CC(C)(C)COC=O)c2cc(-c3csc(C(C(NC(=O)C4OCC4C)C(=O)N4CCCCN4)N4CC(C)(OC)C4)n3)ccc2n1CCOC1CCOCC1. The van der Waals surface area contributed by atoms with Gasteiger partial charge in [0.05, 0.1) is 60.8 Å². The van der Waals surface area contributed by atoms with Gasteiger partial charge < -0.3 is 43.2 Å². The fraction of sp³-hybridized carbons (Fsp3) is 0.678. The van der Waals surface area contributed by atoms with Crippen molar-refractivity contribution in [2.45, 2.75) is 161 Å². The standard InChI is InChI=1S/C57H80N8O9S.C2H6/c1-36-30-74-52(36)53(67)61-49(55(68)65-19-9-8-18-59-65)51(63-32-57(5,33-63)70-7)54-60-46(31-75-54)39-10-13-47-43(26-39)45(28-56(3,4)34-72-35-66)50(64(47)22-25-73-42-16-23-71-24-17-42)44-27-40(29-58-48(44)37(2)69-6)38-14-20-62(21-15-38)41-11-12-41;1-2/h10,13,26-27,29,31,35-38,41-42,49,51-52,59H,8-9,11-12,14-25,28,30,32-34H2,1-7H3,(H,61,67);1-2H3. The number of likely N-dealkylation sites (tertiary alicyclic amines) is 2. The van der Waals surface area contributed by atoms with E-state index in [1.165, 1.54) is 29.7 Å². The van der Waals surface area contributed by atoms with Gasteiger partial charge in [0.2, 0.25) is 5.91 Å². The first kappa shape index (κ1) is 57.3. The maximum Gasteiger partial charge on any atom is 0.293 e. The molecule has 4 aromatic rings. The van der Waals surface area contributed by atoms with E-state index in [0.29, 0.717) is 78.0 Å². The zero-order valence-corrected chi connectivity index (χ0v) is 48.1. The Hall–Kier alpha value is -4.37. The molecule has 5 saturated heterocycles. The fourth-order valence-electron chi connectivity index (χ4n) is 12.1. The van der Waals surface area contributed by atoms with Crippen LogP contribution in [0.2, 0.25) is 0 Å². The average molecular weight is 1080 g/mol. The highest BCUT2D eigenvalue weighted by atomic mass is 32.1. The largest absolute Gasteiger partial charge is 0.467 e. The molecule has 5 atom stereocenters. The van der Waals surface area contributed by atoms with E-state index in [0.717, 1.165) is 107 Å². The van der Waals surface area contributed by atoms with Gasteiger partial charge in [0.15, 0.2) is 0 Å². The predicted octanol–water partition coefficient (Wildman–Crippen LogP) is 8.25. The monoisotopic (exact) mass is 1080 g/mol. The molecule has 6 aliphatic rings. The van der Waals surface area contributed by atoms with Crippen LogP contribution in [0.3, 0.4) is 0 Å².